The predicted octanol–water partition coefficient (Wildman–Crippen LogP) is 3.97. The molecule has 7 nitrogen and oxygen atoms in total. The molecule has 0 heterocycles. The third-order valence-corrected chi connectivity index (χ3v) is 4.93. The maximum Gasteiger partial charge on any atom is 0.350 e. The normalized spacial score (nSPS) is 12.7. The van der Waals surface area contributed by atoms with Crippen molar-refractivity contribution in [3.8, 4) is 11.5 Å². The lowest BCUT2D eigenvalue weighted by Crippen LogP contribution is -2.48. The number of allylic oxidation sites excluding steroid dienone is 5. The molecule has 5 N–H and O–H groups in total. The largest absolute Gasteiger partial charge is 0.493 e. The van der Waals surface area contributed by atoms with Crippen molar-refractivity contribution in [1.82, 2.24) is 5.43 Å². The summed E-state index contributed by atoms with van der Waals surface area (Å²) < 4.78 is 11.9. The smallest absolute Gasteiger partial charge is 0.350 e. The molecule has 0 aliphatic heterocycles. The third kappa shape index (κ3) is 5.75. The highest BCUT2D eigenvalue weighted by atomic mass is 16.5. The average Bonchev–Trinajstić information content (AvgIpc) is 3.03. The summed E-state index contributed by atoms with van der Waals surface area (Å²) in [5, 5.41) is 1.01. The zero-order valence-corrected chi connectivity index (χ0v) is 17.8. The van der Waals surface area contributed by atoms with Crippen LogP contribution in [0.5, 0.6) is 11.5 Å². The molecular weight excluding hydrogens is 392 g/mol. The Morgan fingerprint density at radius 3 is 2.77 bits per heavy atom. The Morgan fingerprint density at radius 1 is 1.16 bits per heavy atom. The summed E-state index contributed by atoms with van der Waals surface area (Å²) in [7, 11) is 0. The first-order valence-electron chi connectivity index (χ1n) is 10.1. The number of nitrogens with one attached hydrogen (secondary N) is 1. The first-order valence-corrected chi connectivity index (χ1v) is 10.1. The van der Waals surface area contributed by atoms with Crippen molar-refractivity contribution < 1.29 is 14.3 Å². The number of carbonyl (C=O) groups excluding carboxylic acids is 1. The van der Waals surface area contributed by atoms with E-state index in [2.05, 4.69) is 12.2 Å². The molecule has 1 aliphatic carbocycles. The molecule has 2 aromatic carbocycles. The van der Waals surface area contributed by atoms with Gasteiger partial charge in [-0.05, 0) is 73.4 Å². The molecule has 1 aliphatic rings. The highest BCUT2D eigenvalue weighted by molar-refractivity contribution is 5.91. The van der Waals surface area contributed by atoms with E-state index < -0.39 is 6.03 Å². The molecule has 2 amide bonds. The monoisotopic (exact) mass is 420 g/mol. The summed E-state index contributed by atoms with van der Waals surface area (Å²) in [6, 6.07) is 10.7. The van der Waals surface area contributed by atoms with Gasteiger partial charge in [0.1, 0.15) is 17.3 Å². The van der Waals surface area contributed by atoms with Crippen LogP contribution in [0.2, 0.25) is 0 Å². The lowest BCUT2D eigenvalue weighted by Gasteiger charge is -2.21. The molecule has 0 aromatic heterocycles. The van der Waals surface area contributed by atoms with E-state index in [1.54, 1.807) is 6.07 Å². The second kappa shape index (κ2) is 10.5. The lowest BCUT2D eigenvalue weighted by molar-refractivity contribution is 0.246. The molecule has 0 unspecified atom stereocenters. The molecule has 0 fully saturated rings. The second-order valence-corrected chi connectivity index (χ2v) is 7.16. The van der Waals surface area contributed by atoms with Gasteiger partial charge in [-0.3, -0.25) is 5.43 Å². The Labute approximate surface area is 182 Å². The van der Waals surface area contributed by atoms with Crippen LogP contribution in [0.1, 0.15) is 23.1 Å². The second-order valence-electron chi connectivity index (χ2n) is 7.16. The fourth-order valence-electron chi connectivity index (χ4n) is 3.29. The minimum atomic E-state index is -0.590. The van der Waals surface area contributed by atoms with Gasteiger partial charge in [0.05, 0.1) is 12.3 Å². The van der Waals surface area contributed by atoms with Crippen molar-refractivity contribution in [3.05, 3.63) is 89.2 Å². The van der Waals surface area contributed by atoms with Crippen LogP contribution in [-0.2, 0) is 6.42 Å². The Morgan fingerprint density at radius 2 is 2.00 bits per heavy atom. The van der Waals surface area contributed by atoms with Crippen molar-refractivity contribution in [3.63, 3.8) is 0 Å². The van der Waals surface area contributed by atoms with E-state index in [4.69, 9.17) is 21.2 Å². The molecule has 0 saturated heterocycles. The van der Waals surface area contributed by atoms with Crippen LogP contribution in [0.15, 0.2) is 72.5 Å². The van der Waals surface area contributed by atoms with Crippen LogP contribution in [0.25, 0.3) is 0 Å². The standard InChI is InChI=1S/C24H28N4O3/c1-17-8-7-11-22(28(26)24(29)27-25)21(17)14-15-30-23-13-12-20(16-18(23)2)31-19-9-5-3-4-6-10-19/h3,5-13,16H,4,14-15,25-26H2,1-2H3,(H,27,29). The van der Waals surface area contributed by atoms with Gasteiger partial charge in [-0.1, -0.05) is 30.4 Å². The average molecular weight is 421 g/mol. The van der Waals surface area contributed by atoms with Gasteiger partial charge in [0, 0.05) is 6.42 Å². The minimum Gasteiger partial charge on any atom is -0.493 e. The zero-order valence-electron chi connectivity index (χ0n) is 17.8. The number of hydrogen-bond donors (Lipinski definition) is 3. The van der Waals surface area contributed by atoms with Crippen LogP contribution in [0.4, 0.5) is 10.5 Å². The van der Waals surface area contributed by atoms with Gasteiger partial charge in [-0.25, -0.2) is 21.5 Å². The number of hydrogen-bond acceptors (Lipinski definition) is 5. The Kier molecular flexibility index (Phi) is 7.48. The number of aryl methyl sites for hydroxylation is 2. The van der Waals surface area contributed by atoms with E-state index in [-0.39, 0.29) is 0 Å². The summed E-state index contributed by atoms with van der Waals surface area (Å²) in [5.74, 6) is 13.4. The van der Waals surface area contributed by atoms with Gasteiger partial charge >= 0.3 is 6.03 Å². The number of amides is 2. The van der Waals surface area contributed by atoms with Crippen molar-refractivity contribution in [2.75, 3.05) is 11.6 Å². The molecule has 2 aromatic rings. The van der Waals surface area contributed by atoms with Crippen LogP contribution in [-0.4, -0.2) is 12.6 Å². The summed E-state index contributed by atoms with van der Waals surface area (Å²) in [5.41, 5.74) is 5.54. The van der Waals surface area contributed by atoms with E-state index >= 15 is 0 Å². The Bertz CT molecular complexity index is 1030. The zero-order chi connectivity index (χ0) is 22.2. The summed E-state index contributed by atoms with van der Waals surface area (Å²) in [6.07, 6.45) is 11.5. The highest BCUT2D eigenvalue weighted by Gasteiger charge is 2.16. The topological polar surface area (TPSA) is 103 Å². The van der Waals surface area contributed by atoms with Gasteiger partial charge in [0.2, 0.25) is 0 Å². The van der Waals surface area contributed by atoms with E-state index in [9.17, 15) is 4.79 Å². The highest BCUT2D eigenvalue weighted by Crippen LogP contribution is 2.27. The number of carbonyl (C=O) groups is 1. The van der Waals surface area contributed by atoms with Gasteiger partial charge in [-0.15, -0.1) is 0 Å². The van der Waals surface area contributed by atoms with E-state index in [0.29, 0.717) is 18.7 Å². The van der Waals surface area contributed by atoms with Gasteiger partial charge < -0.3 is 9.47 Å². The van der Waals surface area contributed by atoms with Crippen molar-refractivity contribution in [2.45, 2.75) is 26.7 Å². The molecule has 3 rings (SSSR count). The Balaban J connectivity index is 1.65. The first-order chi connectivity index (χ1) is 15.0. The number of ether oxygens (including phenoxy) is 2. The minimum absolute atomic E-state index is 0.426. The Hall–Kier alpha value is -3.55. The summed E-state index contributed by atoms with van der Waals surface area (Å²) in [6.45, 7) is 4.37. The predicted molar refractivity (Wildman–Crippen MR) is 123 cm³/mol. The molecule has 0 radical (unpaired) electrons. The van der Waals surface area contributed by atoms with E-state index in [1.165, 1.54) is 0 Å². The number of rotatable bonds is 7. The number of urea groups is 1. The molecule has 0 bridgehead atoms. The van der Waals surface area contributed by atoms with Crippen LogP contribution < -0.4 is 31.6 Å². The quantitative estimate of drug-likeness (QED) is 0.357. The number of nitrogens with two attached hydrogens (primary N) is 2. The number of benzene rings is 2. The fraction of sp³-hybridized carbons (Fsp3) is 0.208. The SMILES string of the molecule is Cc1cc(OC2=CC=CCC=C2)ccc1OCCc1c(C)cccc1N(N)C(=O)NN. The maximum absolute atomic E-state index is 11.8. The molecule has 7 heteroatoms. The number of nitrogens with zero attached hydrogens (tertiary/aromatic N) is 1. The third-order valence-electron chi connectivity index (χ3n) is 4.93. The van der Waals surface area contributed by atoms with Gasteiger partial charge in [0.25, 0.3) is 0 Å². The summed E-state index contributed by atoms with van der Waals surface area (Å²) >= 11 is 0. The van der Waals surface area contributed by atoms with Crippen molar-refractivity contribution in [2.24, 2.45) is 11.7 Å². The van der Waals surface area contributed by atoms with Gasteiger partial charge in [0.15, 0.2) is 0 Å². The molecular formula is C24H28N4O3. The maximum atomic E-state index is 11.8. The van der Waals surface area contributed by atoms with Crippen molar-refractivity contribution >= 4 is 11.7 Å². The van der Waals surface area contributed by atoms with Crippen LogP contribution in [0.3, 0.4) is 0 Å². The lowest BCUT2D eigenvalue weighted by atomic mass is 10.0. The summed E-state index contributed by atoms with van der Waals surface area (Å²) in [4.78, 5) is 11.8. The van der Waals surface area contributed by atoms with Crippen LogP contribution in [0, 0.1) is 13.8 Å². The van der Waals surface area contributed by atoms with Crippen LogP contribution >= 0.6 is 0 Å². The van der Waals surface area contributed by atoms with E-state index in [1.807, 2.05) is 67.8 Å². The number of hydrazine groups is 2. The first kappa shape index (κ1) is 22.1. The molecule has 0 atom stereocenters. The van der Waals surface area contributed by atoms with E-state index in [0.717, 1.165) is 45.4 Å². The fourth-order valence-corrected chi connectivity index (χ4v) is 3.29. The van der Waals surface area contributed by atoms with Gasteiger partial charge in [-0.2, -0.15) is 0 Å². The number of anilines is 1. The molecule has 0 spiro atoms. The molecule has 31 heavy (non-hydrogen) atoms. The van der Waals surface area contributed by atoms with Crippen molar-refractivity contribution in [1.29, 1.82) is 0 Å². The molecule has 162 valence electrons. The molecule has 0 saturated carbocycles.